The molecule has 0 aromatic carbocycles. The summed E-state index contributed by atoms with van der Waals surface area (Å²) in [6.07, 6.45) is 0.853. The summed E-state index contributed by atoms with van der Waals surface area (Å²) in [5.41, 5.74) is 0. The van der Waals surface area contributed by atoms with Crippen LogP contribution >= 0.6 is 0 Å². The van der Waals surface area contributed by atoms with Gasteiger partial charge in [-0.2, -0.15) is 0 Å². The van der Waals surface area contributed by atoms with Gasteiger partial charge >= 0.3 is 0 Å². The van der Waals surface area contributed by atoms with E-state index < -0.39 is 9.84 Å². The van der Waals surface area contributed by atoms with Gasteiger partial charge in [-0.15, -0.1) is 0 Å². The van der Waals surface area contributed by atoms with Crippen molar-refractivity contribution in [2.75, 3.05) is 31.1 Å². The third-order valence-electron chi connectivity index (χ3n) is 4.24. The molecule has 2 rings (SSSR count). The van der Waals surface area contributed by atoms with Crippen LogP contribution in [0.15, 0.2) is 0 Å². The van der Waals surface area contributed by atoms with E-state index in [9.17, 15) is 8.42 Å². The van der Waals surface area contributed by atoms with Gasteiger partial charge in [0, 0.05) is 31.7 Å². The minimum absolute atomic E-state index is 0.349. The summed E-state index contributed by atoms with van der Waals surface area (Å²) in [7, 11) is -2.74. The first-order chi connectivity index (χ1) is 8.37. The van der Waals surface area contributed by atoms with Gasteiger partial charge in [-0.3, -0.25) is 4.90 Å². The number of hydrogen-bond donors (Lipinski definition) is 1. The van der Waals surface area contributed by atoms with Crippen molar-refractivity contribution in [3.05, 3.63) is 0 Å². The molecule has 4 nitrogen and oxygen atoms in total. The van der Waals surface area contributed by atoms with Crippen molar-refractivity contribution < 1.29 is 8.42 Å². The highest BCUT2D eigenvalue weighted by molar-refractivity contribution is 7.91. The fourth-order valence-electron chi connectivity index (χ4n) is 3.22. The Morgan fingerprint density at radius 3 is 2.67 bits per heavy atom. The lowest BCUT2D eigenvalue weighted by Gasteiger charge is -2.42. The maximum absolute atomic E-state index is 11.5. The van der Waals surface area contributed by atoms with E-state index >= 15 is 0 Å². The molecule has 5 heteroatoms. The first-order valence-corrected chi connectivity index (χ1v) is 8.87. The molecule has 3 atom stereocenters. The third-order valence-corrected chi connectivity index (χ3v) is 6.08. The Morgan fingerprint density at radius 2 is 2.11 bits per heavy atom. The Labute approximate surface area is 111 Å². The molecule has 0 bridgehead atoms. The second kappa shape index (κ2) is 5.47. The molecule has 2 heterocycles. The van der Waals surface area contributed by atoms with Crippen LogP contribution in [0.4, 0.5) is 0 Å². The average molecular weight is 274 g/mol. The van der Waals surface area contributed by atoms with Crippen LogP contribution in [0.2, 0.25) is 0 Å². The predicted molar refractivity (Wildman–Crippen MR) is 74.4 cm³/mol. The van der Waals surface area contributed by atoms with Gasteiger partial charge in [0.25, 0.3) is 0 Å². The van der Waals surface area contributed by atoms with E-state index in [0.29, 0.717) is 35.4 Å². The Bertz CT molecular complexity index is 380. The zero-order valence-electron chi connectivity index (χ0n) is 11.7. The second-order valence-electron chi connectivity index (χ2n) is 6.34. The molecule has 0 spiro atoms. The van der Waals surface area contributed by atoms with Crippen molar-refractivity contribution in [3.63, 3.8) is 0 Å². The Hall–Kier alpha value is -0.130. The highest BCUT2D eigenvalue weighted by atomic mass is 32.2. The van der Waals surface area contributed by atoms with Crippen molar-refractivity contribution in [1.29, 1.82) is 0 Å². The van der Waals surface area contributed by atoms with Crippen molar-refractivity contribution in [2.24, 2.45) is 11.8 Å². The topological polar surface area (TPSA) is 49.4 Å². The van der Waals surface area contributed by atoms with E-state index in [-0.39, 0.29) is 0 Å². The summed E-state index contributed by atoms with van der Waals surface area (Å²) in [5, 5.41) is 3.52. The number of hydrogen-bond acceptors (Lipinski definition) is 4. The maximum Gasteiger partial charge on any atom is 0.150 e. The van der Waals surface area contributed by atoms with E-state index in [1.165, 1.54) is 0 Å². The number of piperazine rings is 1. The predicted octanol–water partition coefficient (Wildman–Crippen LogP) is 0.739. The summed E-state index contributed by atoms with van der Waals surface area (Å²) < 4.78 is 23.1. The van der Waals surface area contributed by atoms with E-state index in [4.69, 9.17) is 0 Å². The van der Waals surface area contributed by atoms with Crippen molar-refractivity contribution in [2.45, 2.75) is 39.3 Å². The quantitative estimate of drug-likeness (QED) is 0.825. The highest BCUT2D eigenvalue weighted by Crippen LogP contribution is 2.23. The highest BCUT2D eigenvalue weighted by Gasteiger charge is 2.34. The monoisotopic (exact) mass is 274 g/mol. The van der Waals surface area contributed by atoms with Crippen molar-refractivity contribution in [1.82, 2.24) is 10.2 Å². The number of sulfone groups is 1. The van der Waals surface area contributed by atoms with E-state index in [1.807, 2.05) is 0 Å². The molecule has 2 aliphatic rings. The normalized spacial score (nSPS) is 37.2. The molecule has 2 saturated heterocycles. The van der Waals surface area contributed by atoms with Gasteiger partial charge in [0.1, 0.15) is 0 Å². The third kappa shape index (κ3) is 3.45. The molecule has 18 heavy (non-hydrogen) atoms. The van der Waals surface area contributed by atoms with E-state index in [0.717, 1.165) is 26.1 Å². The maximum atomic E-state index is 11.5. The summed E-state index contributed by atoms with van der Waals surface area (Å²) in [4.78, 5) is 2.51. The summed E-state index contributed by atoms with van der Waals surface area (Å²) >= 11 is 0. The van der Waals surface area contributed by atoms with Gasteiger partial charge in [0.15, 0.2) is 9.84 Å². The van der Waals surface area contributed by atoms with Gasteiger partial charge in [-0.05, 0) is 25.2 Å². The Kier molecular flexibility index (Phi) is 4.34. The minimum Gasteiger partial charge on any atom is -0.311 e. The minimum atomic E-state index is -2.74. The lowest BCUT2D eigenvalue weighted by molar-refractivity contribution is 0.0891. The standard InChI is InChI=1S/C13H26N2O2S/c1-10(2)13-6-14-11(3)7-15(13)8-12-4-5-18(16,17)9-12/h10-14H,4-9H2,1-3H3. The molecule has 0 radical (unpaired) electrons. The number of nitrogens with one attached hydrogen (secondary N) is 1. The molecule has 106 valence electrons. The molecule has 2 fully saturated rings. The first kappa shape index (κ1) is 14.3. The first-order valence-electron chi connectivity index (χ1n) is 7.05. The molecule has 0 aromatic rings. The van der Waals surface area contributed by atoms with Crippen LogP contribution in [0, 0.1) is 11.8 Å². The van der Waals surface area contributed by atoms with Crippen molar-refractivity contribution >= 4 is 9.84 Å². The molecule has 1 N–H and O–H groups in total. The fraction of sp³-hybridized carbons (Fsp3) is 1.00. The van der Waals surface area contributed by atoms with Crippen LogP contribution < -0.4 is 5.32 Å². The zero-order chi connectivity index (χ0) is 13.3. The van der Waals surface area contributed by atoms with Gasteiger partial charge in [0.2, 0.25) is 0 Å². The Balaban J connectivity index is 1.97. The molecule has 0 aliphatic carbocycles. The zero-order valence-corrected chi connectivity index (χ0v) is 12.5. The van der Waals surface area contributed by atoms with Crippen molar-refractivity contribution in [3.8, 4) is 0 Å². The fourth-order valence-corrected chi connectivity index (χ4v) is 5.07. The van der Waals surface area contributed by atoms with Gasteiger partial charge in [0.05, 0.1) is 11.5 Å². The van der Waals surface area contributed by atoms with Crippen LogP contribution in [0.3, 0.4) is 0 Å². The number of rotatable bonds is 3. The van der Waals surface area contributed by atoms with E-state index in [1.54, 1.807) is 0 Å². The number of nitrogens with zero attached hydrogens (tertiary/aromatic N) is 1. The lowest BCUT2D eigenvalue weighted by atomic mass is 9.97. The van der Waals surface area contributed by atoms with Crippen LogP contribution in [-0.4, -0.2) is 56.5 Å². The van der Waals surface area contributed by atoms with Gasteiger partial charge in [-0.1, -0.05) is 13.8 Å². The summed E-state index contributed by atoms with van der Waals surface area (Å²) in [5.74, 6) is 1.76. The molecule has 3 unspecified atom stereocenters. The molecular formula is C13H26N2O2S. The summed E-state index contributed by atoms with van der Waals surface area (Å²) in [6, 6.07) is 1.06. The largest absolute Gasteiger partial charge is 0.311 e. The van der Waals surface area contributed by atoms with Gasteiger partial charge < -0.3 is 5.32 Å². The second-order valence-corrected chi connectivity index (χ2v) is 8.57. The molecule has 2 aliphatic heterocycles. The van der Waals surface area contributed by atoms with Gasteiger partial charge in [-0.25, -0.2) is 8.42 Å². The smallest absolute Gasteiger partial charge is 0.150 e. The molecule has 0 amide bonds. The average Bonchev–Trinajstić information content (AvgIpc) is 2.57. The molecule has 0 aromatic heterocycles. The van der Waals surface area contributed by atoms with Crippen LogP contribution in [0.1, 0.15) is 27.2 Å². The van der Waals surface area contributed by atoms with Crippen LogP contribution in [-0.2, 0) is 9.84 Å². The lowest BCUT2D eigenvalue weighted by Crippen LogP contribution is -2.58. The Morgan fingerprint density at radius 1 is 1.39 bits per heavy atom. The van der Waals surface area contributed by atoms with E-state index in [2.05, 4.69) is 31.0 Å². The summed E-state index contributed by atoms with van der Waals surface area (Å²) in [6.45, 7) is 9.72. The SMILES string of the molecule is CC1CN(CC2CCS(=O)(=O)C2)C(C(C)C)CN1. The molecule has 0 saturated carbocycles. The van der Waals surface area contributed by atoms with Crippen LogP contribution in [0.25, 0.3) is 0 Å². The molecular weight excluding hydrogens is 248 g/mol. The van der Waals surface area contributed by atoms with Crippen LogP contribution in [0.5, 0.6) is 0 Å².